The molecule has 0 spiro atoms. The molecule has 1 amide bonds. The molecule has 0 radical (unpaired) electrons. The van der Waals surface area contributed by atoms with Crippen molar-refractivity contribution in [2.75, 3.05) is 13.2 Å². The quantitative estimate of drug-likeness (QED) is 0.508. The minimum absolute atomic E-state index is 0. The zero-order valence-corrected chi connectivity index (χ0v) is 16.1. The fourth-order valence-electron chi connectivity index (χ4n) is 3.19. The highest BCUT2D eigenvalue weighted by molar-refractivity contribution is 6.30. The first-order chi connectivity index (χ1) is 12.0. The van der Waals surface area contributed by atoms with E-state index in [0.29, 0.717) is 12.5 Å². The number of amides is 1. The molecule has 1 aliphatic carbocycles. The Bertz CT molecular complexity index is 610. The summed E-state index contributed by atoms with van der Waals surface area (Å²) >= 11 is 5.76. The molecule has 146 valence electrons. The number of rotatable bonds is 8. The molecule has 7 nitrogen and oxygen atoms in total. The Morgan fingerprint density at radius 1 is 1.38 bits per heavy atom. The van der Waals surface area contributed by atoms with Crippen molar-refractivity contribution in [2.45, 2.75) is 44.6 Å². The van der Waals surface area contributed by atoms with Crippen molar-refractivity contribution in [1.82, 2.24) is 5.32 Å². The van der Waals surface area contributed by atoms with Crippen LogP contribution in [0.4, 0.5) is 5.69 Å². The van der Waals surface area contributed by atoms with Crippen molar-refractivity contribution in [2.24, 2.45) is 11.7 Å². The number of hydrogen-bond donors (Lipinski definition) is 2. The van der Waals surface area contributed by atoms with Gasteiger partial charge < -0.3 is 15.8 Å². The van der Waals surface area contributed by atoms with Crippen LogP contribution < -0.4 is 15.8 Å². The minimum atomic E-state index is -0.561. The molecule has 1 fully saturated rings. The van der Waals surface area contributed by atoms with E-state index < -0.39 is 4.92 Å². The number of nitrogens with one attached hydrogen (secondary N) is 1. The predicted octanol–water partition coefficient (Wildman–Crippen LogP) is 3.46. The summed E-state index contributed by atoms with van der Waals surface area (Å²) in [5.41, 5.74) is 5.59. The Hall–Kier alpha value is -1.57. The highest BCUT2D eigenvalue weighted by atomic mass is 35.5. The normalized spacial score (nSPS) is 15.6. The van der Waals surface area contributed by atoms with Crippen LogP contribution in [0.1, 0.15) is 38.5 Å². The number of nitrogens with zero attached hydrogens (tertiary/aromatic N) is 1. The molecule has 1 saturated carbocycles. The summed E-state index contributed by atoms with van der Waals surface area (Å²) in [7, 11) is 0. The van der Waals surface area contributed by atoms with Gasteiger partial charge in [0.2, 0.25) is 5.91 Å². The third-order valence-corrected chi connectivity index (χ3v) is 4.76. The average molecular weight is 406 g/mol. The van der Waals surface area contributed by atoms with E-state index in [1.54, 1.807) is 0 Å². The highest BCUT2D eigenvalue weighted by Crippen LogP contribution is 2.30. The van der Waals surface area contributed by atoms with Crippen molar-refractivity contribution in [1.29, 1.82) is 0 Å². The van der Waals surface area contributed by atoms with E-state index in [0.717, 1.165) is 12.8 Å². The van der Waals surface area contributed by atoms with Gasteiger partial charge in [0.15, 0.2) is 5.75 Å². The maximum absolute atomic E-state index is 12.1. The van der Waals surface area contributed by atoms with Gasteiger partial charge in [0.1, 0.15) is 0 Å². The van der Waals surface area contributed by atoms with Gasteiger partial charge in [-0.25, -0.2) is 0 Å². The van der Waals surface area contributed by atoms with Crippen molar-refractivity contribution in [3.63, 3.8) is 0 Å². The Balaban J connectivity index is 0.00000338. The van der Waals surface area contributed by atoms with Crippen LogP contribution in [-0.2, 0) is 4.79 Å². The molecule has 0 aliphatic heterocycles. The second-order valence-electron chi connectivity index (χ2n) is 6.28. The summed E-state index contributed by atoms with van der Waals surface area (Å²) in [5, 5.41) is 14.2. The minimum Gasteiger partial charge on any atom is -0.486 e. The second-order valence-corrected chi connectivity index (χ2v) is 6.71. The molecular formula is C17H25Cl2N3O4. The number of nitro benzene ring substituents is 1. The lowest BCUT2D eigenvalue weighted by molar-refractivity contribution is -0.385. The van der Waals surface area contributed by atoms with Crippen LogP contribution in [-0.4, -0.2) is 30.0 Å². The number of carbonyl (C=O) groups excluding carboxylic acids is 1. The molecule has 1 unspecified atom stereocenters. The number of nitrogens with two attached hydrogens (primary N) is 1. The molecule has 0 saturated heterocycles. The lowest BCUT2D eigenvalue weighted by atomic mass is 9.84. The van der Waals surface area contributed by atoms with Crippen LogP contribution in [0, 0.1) is 16.0 Å². The van der Waals surface area contributed by atoms with Crippen LogP contribution in [0.15, 0.2) is 18.2 Å². The summed E-state index contributed by atoms with van der Waals surface area (Å²) in [6, 6.07) is 4.16. The van der Waals surface area contributed by atoms with Crippen molar-refractivity contribution >= 4 is 35.6 Å². The van der Waals surface area contributed by atoms with Gasteiger partial charge in [0, 0.05) is 23.7 Å². The van der Waals surface area contributed by atoms with Gasteiger partial charge >= 0.3 is 5.69 Å². The van der Waals surface area contributed by atoms with Crippen LogP contribution in [0.2, 0.25) is 5.02 Å². The summed E-state index contributed by atoms with van der Waals surface area (Å²) in [6.07, 6.45) is 5.91. The number of benzene rings is 1. The number of halogens is 2. The van der Waals surface area contributed by atoms with E-state index >= 15 is 0 Å². The highest BCUT2D eigenvalue weighted by Gasteiger charge is 2.24. The molecule has 9 heteroatoms. The summed E-state index contributed by atoms with van der Waals surface area (Å²) in [5.74, 6) is 0.378. The van der Waals surface area contributed by atoms with Crippen molar-refractivity contribution in [3.8, 4) is 5.75 Å². The van der Waals surface area contributed by atoms with Gasteiger partial charge in [-0.3, -0.25) is 14.9 Å². The van der Waals surface area contributed by atoms with E-state index in [1.807, 2.05) is 0 Å². The van der Waals surface area contributed by atoms with E-state index in [4.69, 9.17) is 22.1 Å². The van der Waals surface area contributed by atoms with Gasteiger partial charge in [0.25, 0.3) is 0 Å². The molecule has 3 N–H and O–H groups in total. The van der Waals surface area contributed by atoms with E-state index in [1.165, 1.54) is 37.5 Å². The first kappa shape index (κ1) is 22.5. The van der Waals surface area contributed by atoms with Gasteiger partial charge in [0.05, 0.1) is 18.0 Å². The third kappa shape index (κ3) is 6.63. The molecule has 0 bridgehead atoms. The fourth-order valence-corrected chi connectivity index (χ4v) is 3.36. The predicted molar refractivity (Wildman–Crippen MR) is 103 cm³/mol. The number of nitro groups is 1. The largest absolute Gasteiger partial charge is 0.486 e. The summed E-state index contributed by atoms with van der Waals surface area (Å²) in [6.45, 7) is 0.468. The fraction of sp³-hybridized carbons (Fsp3) is 0.588. The molecule has 0 aromatic heterocycles. The Labute approximate surface area is 164 Å². The molecule has 1 aromatic rings. The summed E-state index contributed by atoms with van der Waals surface area (Å²) < 4.78 is 5.39. The Morgan fingerprint density at radius 3 is 2.69 bits per heavy atom. The van der Waals surface area contributed by atoms with Crippen molar-refractivity contribution < 1.29 is 14.5 Å². The molecular weight excluding hydrogens is 381 g/mol. The van der Waals surface area contributed by atoms with E-state index in [9.17, 15) is 14.9 Å². The number of ether oxygens (including phenoxy) is 1. The lowest BCUT2D eigenvalue weighted by Crippen LogP contribution is -2.46. The van der Waals surface area contributed by atoms with Crippen LogP contribution in [0.25, 0.3) is 0 Å². The zero-order chi connectivity index (χ0) is 18.2. The summed E-state index contributed by atoms with van der Waals surface area (Å²) in [4.78, 5) is 22.6. The second kappa shape index (κ2) is 11.2. The Kier molecular flexibility index (Phi) is 9.69. The van der Waals surface area contributed by atoms with Crippen LogP contribution in [0.3, 0.4) is 0 Å². The van der Waals surface area contributed by atoms with Gasteiger partial charge in [-0.05, 0) is 30.9 Å². The van der Waals surface area contributed by atoms with Crippen molar-refractivity contribution in [3.05, 3.63) is 33.3 Å². The van der Waals surface area contributed by atoms with Gasteiger partial charge in [-0.1, -0.05) is 30.9 Å². The lowest BCUT2D eigenvalue weighted by Gasteiger charge is -2.30. The molecule has 26 heavy (non-hydrogen) atoms. The SMILES string of the molecule is Cl.NCC(NC(=O)CCOc1ccc(Cl)cc1[N+](=O)[O-])C1CCCCC1. The standard InChI is InChI=1S/C17H24ClN3O4.ClH/c18-13-6-7-16(15(10-13)21(23)24)25-9-8-17(22)20-14(11-19)12-4-2-1-3-5-12;/h6-7,10,12,14H,1-5,8-9,11,19H2,(H,20,22);1H. The third-order valence-electron chi connectivity index (χ3n) is 4.52. The molecule has 0 heterocycles. The maximum Gasteiger partial charge on any atom is 0.312 e. The van der Waals surface area contributed by atoms with Crippen LogP contribution in [0.5, 0.6) is 5.75 Å². The maximum atomic E-state index is 12.1. The molecule has 2 rings (SSSR count). The topological polar surface area (TPSA) is 107 Å². The average Bonchev–Trinajstić information content (AvgIpc) is 2.61. The zero-order valence-electron chi connectivity index (χ0n) is 14.5. The number of hydrogen-bond acceptors (Lipinski definition) is 5. The molecule has 1 aromatic carbocycles. The van der Waals surface area contributed by atoms with Crippen LogP contribution >= 0.6 is 24.0 Å². The Morgan fingerprint density at radius 2 is 2.08 bits per heavy atom. The first-order valence-electron chi connectivity index (χ1n) is 8.57. The molecule has 1 atom stereocenters. The molecule has 1 aliphatic rings. The van der Waals surface area contributed by atoms with E-state index in [-0.39, 0.29) is 53.8 Å². The van der Waals surface area contributed by atoms with E-state index in [2.05, 4.69) is 5.32 Å². The van der Waals surface area contributed by atoms with Gasteiger partial charge in [-0.2, -0.15) is 0 Å². The van der Waals surface area contributed by atoms with Gasteiger partial charge in [-0.15, -0.1) is 12.4 Å². The monoisotopic (exact) mass is 405 g/mol. The number of carbonyl (C=O) groups is 1. The smallest absolute Gasteiger partial charge is 0.312 e. The first-order valence-corrected chi connectivity index (χ1v) is 8.95.